The topological polar surface area (TPSA) is 38.5 Å². The van der Waals surface area contributed by atoms with Gasteiger partial charge < -0.3 is 14.1 Å². The van der Waals surface area contributed by atoms with Gasteiger partial charge in [-0.05, 0) is 12.1 Å². The summed E-state index contributed by atoms with van der Waals surface area (Å²) < 4.78 is 11.0. The van der Waals surface area contributed by atoms with Crippen molar-refractivity contribution in [1.82, 2.24) is 4.98 Å². The maximum atomic E-state index is 5.67. The first-order valence-electron chi connectivity index (χ1n) is 5.12. The van der Waals surface area contributed by atoms with Gasteiger partial charge in [0.2, 0.25) is 0 Å². The third-order valence-electron chi connectivity index (χ3n) is 2.56. The molecule has 1 saturated heterocycles. The van der Waals surface area contributed by atoms with E-state index in [9.17, 15) is 0 Å². The molecular weight excluding hydrogens is 192 g/mol. The molecule has 1 fully saturated rings. The first-order valence-corrected chi connectivity index (χ1v) is 5.12. The van der Waals surface area contributed by atoms with Crippen LogP contribution >= 0.6 is 0 Å². The summed E-state index contributed by atoms with van der Waals surface area (Å²) in [5.74, 6) is 0. The summed E-state index contributed by atoms with van der Waals surface area (Å²) in [6.07, 6.45) is 0. The summed E-state index contributed by atoms with van der Waals surface area (Å²) in [5, 5.41) is 0. The molecule has 0 amide bonds. The molecule has 2 heterocycles. The van der Waals surface area contributed by atoms with Crippen LogP contribution in [0.5, 0.6) is 0 Å². The van der Waals surface area contributed by atoms with E-state index in [0.29, 0.717) is 6.01 Å². The van der Waals surface area contributed by atoms with Gasteiger partial charge in [0.1, 0.15) is 5.52 Å². The number of ether oxygens (including phenoxy) is 1. The van der Waals surface area contributed by atoms with Crippen molar-refractivity contribution in [2.45, 2.75) is 0 Å². The Morgan fingerprint density at radius 2 is 1.93 bits per heavy atom. The summed E-state index contributed by atoms with van der Waals surface area (Å²) in [5.41, 5.74) is 1.76. The SMILES string of the molecule is c1ccc2oc(N3CCOCC3)nc2c1. The van der Waals surface area contributed by atoms with Gasteiger partial charge in [0.15, 0.2) is 5.58 Å². The Labute approximate surface area is 87.5 Å². The molecule has 0 radical (unpaired) electrons. The minimum Gasteiger partial charge on any atom is -0.423 e. The summed E-state index contributed by atoms with van der Waals surface area (Å²) in [6, 6.07) is 8.53. The second-order valence-electron chi connectivity index (χ2n) is 3.56. The van der Waals surface area contributed by atoms with Crippen molar-refractivity contribution in [3.05, 3.63) is 24.3 Å². The van der Waals surface area contributed by atoms with Gasteiger partial charge >= 0.3 is 0 Å². The van der Waals surface area contributed by atoms with Gasteiger partial charge in [0.25, 0.3) is 6.01 Å². The molecule has 0 N–H and O–H groups in total. The van der Waals surface area contributed by atoms with Crippen LogP contribution in [0.1, 0.15) is 0 Å². The molecule has 1 aromatic heterocycles. The minimum atomic E-state index is 0.708. The lowest BCUT2D eigenvalue weighted by Gasteiger charge is -2.24. The Balaban J connectivity index is 1.96. The number of morpholine rings is 1. The minimum absolute atomic E-state index is 0.708. The number of oxazole rings is 1. The van der Waals surface area contributed by atoms with E-state index in [1.165, 1.54) is 0 Å². The van der Waals surface area contributed by atoms with Crippen LogP contribution in [-0.2, 0) is 4.74 Å². The van der Waals surface area contributed by atoms with Gasteiger partial charge in [-0.1, -0.05) is 12.1 Å². The highest BCUT2D eigenvalue weighted by atomic mass is 16.5. The lowest BCUT2D eigenvalue weighted by Crippen LogP contribution is -2.36. The number of para-hydroxylation sites is 2. The first-order chi connectivity index (χ1) is 7.43. The highest BCUT2D eigenvalue weighted by Gasteiger charge is 2.16. The Hall–Kier alpha value is -1.55. The molecule has 1 aliphatic heterocycles. The Morgan fingerprint density at radius 3 is 2.73 bits per heavy atom. The zero-order valence-electron chi connectivity index (χ0n) is 8.35. The van der Waals surface area contributed by atoms with Crippen LogP contribution in [0.25, 0.3) is 11.1 Å². The zero-order chi connectivity index (χ0) is 10.1. The lowest BCUT2D eigenvalue weighted by atomic mass is 10.3. The average molecular weight is 204 g/mol. The molecule has 0 atom stereocenters. The van der Waals surface area contributed by atoms with E-state index in [0.717, 1.165) is 37.4 Å². The third kappa shape index (κ3) is 1.57. The Kier molecular flexibility index (Phi) is 2.07. The average Bonchev–Trinajstić information content (AvgIpc) is 2.74. The Morgan fingerprint density at radius 1 is 1.13 bits per heavy atom. The van der Waals surface area contributed by atoms with Crippen molar-refractivity contribution in [3.8, 4) is 0 Å². The molecule has 4 nitrogen and oxygen atoms in total. The molecule has 4 heteroatoms. The van der Waals surface area contributed by atoms with E-state index in [4.69, 9.17) is 9.15 Å². The molecule has 0 saturated carbocycles. The van der Waals surface area contributed by atoms with Crippen molar-refractivity contribution in [2.24, 2.45) is 0 Å². The Bertz CT molecular complexity index is 427. The molecule has 1 aromatic carbocycles. The monoisotopic (exact) mass is 204 g/mol. The van der Waals surface area contributed by atoms with Crippen LogP contribution in [0.3, 0.4) is 0 Å². The summed E-state index contributed by atoms with van der Waals surface area (Å²) >= 11 is 0. The van der Waals surface area contributed by atoms with E-state index in [2.05, 4.69) is 9.88 Å². The van der Waals surface area contributed by atoms with Crippen LogP contribution in [0.4, 0.5) is 6.01 Å². The molecule has 3 rings (SSSR count). The zero-order valence-corrected chi connectivity index (χ0v) is 8.35. The normalized spacial score (nSPS) is 17.2. The van der Waals surface area contributed by atoms with Gasteiger partial charge in [-0.2, -0.15) is 4.98 Å². The molecule has 0 aliphatic carbocycles. The number of benzene rings is 1. The number of hydrogen-bond acceptors (Lipinski definition) is 4. The van der Waals surface area contributed by atoms with E-state index < -0.39 is 0 Å². The lowest BCUT2D eigenvalue weighted by molar-refractivity contribution is 0.120. The molecule has 15 heavy (non-hydrogen) atoms. The molecule has 0 bridgehead atoms. The van der Waals surface area contributed by atoms with Gasteiger partial charge in [-0.3, -0.25) is 0 Å². The van der Waals surface area contributed by atoms with E-state index in [1.807, 2.05) is 24.3 Å². The summed E-state index contributed by atoms with van der Waals surface area (Å²) in [7, 11) is 0. The predicted octanol–water partition coefficient (Wildman–Crippen LogP) is 1.66. The van der Waals surface area contributed by atoms with Crippen LogP contribution in [0.2, 0.25) is 0 Å². The van der Waals surface area contributed by atoms with Crippen LogP contribution < -0.4 is 4.90 Å². The van der Waals surface area contributed by atoms with Crippen LogP contribution in [0, 0.1) is 0 Å². The maximum Gasteiger partial charge on any atom is 0.298 e. The van der Waals surface area contributed by atoms with Crippen molar-refractivity contribution in [3.63, 3.8) is 0 Å². The van der Waals surface area contributed by atoms with Crippen molar-refractivity contribution >= 4 is 17.1 Å². The number of aromatic nitrogens is 1. The van der Waals surface area contributed by atoms with Crippen molar-refractivity contribution in [2.75, 3.05) is 31.2 Å². The smallest absolute Gasteiger partial charge is 0.298 e. The fraction of sp³-hybridized carbons (Fsp3) is 0.364. The predicted molar refractivity (Wildman–Crippen MR) is 57.0 cm³/mol. The first kappa shape index (κ1) is 8.73. The molecule has 0 unspecified atom stereocenters. The molecule has 0 spiro atoms. The van der Waals surface area contributed by atoms with Crippen molar-refractivity contribution < 1.29 is 9.15 Å². The van der Waals surface area contributed by atoms with E-state index >= 15 is 0 Å². The number of nitrogens with zero attached hydrogens (tertiary/aromatic N) is 2. The molecule has 1 aliphatic rings. The van der Waals surface area contributed by atoms with Crippen LogP contribution in [0.15, 0.2) is 28.7 Å². The standard InChI is InChI=1S/C11H12N2O2/c1-2-4-10-9(3-1)12-11(15-10)13-5-7-14-8-6-13/h1-4H,5-8H2. The van der Waals surface area contributed by atoms with Gasteiger partial charge in [-0.15, -0.1) is 0 Å². The number of anilines is 1. The fourth-order valence-electron chi connectivity index (χ4n) is 1.75. The van der Waals surface area contributed by atoms with Gasteiger partial charge in [0.05, 0.1) is 13.2 Å². The number of hydrogen-bond donors (Lipinski definition) is 0. The van der Waals surface area contributed by atoms with E-state index in [1.54, 1.807) is 0 Å². The second-order valence-corrected chi connectivity index (χ2v) is 3.56. The largest absolute Gasteiger partial charge is 0.423 e. The van der Waals surface area contributed by atoms with Crippen LogP contribution in [-0.4, -0.2) is 31.3 Å². The number of fused-ring (bicyclic) bond motifs is 1. The quantitative estimate of drug-likeness (QED) is 0.708. The van der Waals surface area contributed by atoms with Gasteiger partial charge in [0, 0.05) is 13.1 Å². The van der Waals surface area contributed by atoms with Gasteiger partial charge in [-0.25, -0.2) is 0 Å². The summed E-state index contributed by atoms with van der Waals surface area (Å²) in [6.45, 7) is 3.21. The second kappa shape index (κ2) is 3.55. The fourth-order valence-corrected chi connectivity index (χ4v) is 1.75. The molecular formula is C11H12N2O2. The van der Waals surface area contributed by atoms with E-state index in [-0.39, 0.29) is 0 Å². The molecule has 2 aromatic rings. The highest BCUT2D eigenvalue weighted by Crippen LogP contribution is 2.21. The maximum absolute atomic E-state index is 5.67. The van der Waals surface area contributed by atoms with Crippen molar-refractivity contribution in [1.29, 1.82) is 0 Å². The number of rotatable bonds is 1. The highest BCUT2D eigenvalue weighted by molar-refractivity contribution is 5.74. The third-order valence-corrected chi connectivity index (χ3v) is 2.56. The molecule has 78 valence electrons. The summed E-state index contributed by atoms with van der Waals surface area (Å²) in [4.78, 5) is 6.55.